The van der Waals surface area contributed by atoms with E-state index in [4.69, 9.17) is 0 Å². The van der Waals surface area contributed by atoms with Gasteiger partial charge in [0.25, 0.3) is 0 Å². The van der Waals surface area contributed by atoms with Crippen molar-refractivity contribution in [1.29, 1.82) is 0 Å². The van der Waals surface area contributed by atoms with Gasteiger partial charge in [0, 0.05) is 35.8 Å². The first kappa shape index (κ1) is 22.5. The number of nitrogens with zero attached hydrogens (tertiary/aromatic N) is 5. The number of aromatic amines is 1. The highest BCUT2D eigenvalue weighted by molar-refractivity contribution is 5.88. The summed E-state index contributed by atoms with van der Waals surface area (Å²) in [6.45, 7) is 0.340. The van der Waals surface area contributed by atoms with Crippen molar-refractivity contribution in [2.24, 2.45) is 0 Å². The Kier molecular flexibility index (Phi) is 6.32. The molecule has 0 saturated heterocycles. The number of fused-ring (bicyclic) bond motifs is 1. The summed E-state index contributed by atoms with van der Waals surface area (Å²) in [5, 5.41) is 7.66. The lowest BCUT2D eigenvalue weighted by molar-refractivity contribution is -0.151. The van der Waals surface area contributed by atoms with Gasteiger partial charge >= 0.3 is 6.18 Å². The second-order valence-electron chi connectivity index (χ2n) is 8.75. The van der Waals surface area contributed by atoms with Crippen LogP contribution in [0.25, 0.3) is 28.1 Å². The van der Waals surface area contributed by atoms with Crippen molar-refractivity contribution in [2.45, 2.75) is 56.7 Å². The van der Waals surface area contributed by atoms with Crippen molar-refractivity contribution in [1.82, 2.24) is 35.0 Å². The zero-order chi connectivity index (χ0) is 23.5. The molecule has 0 spiro atoms. The van der Waals surface area contributed by atoms with Crippen LogP contribution in [0.3, 0.4) is 0 Å². The standard InChI is InChI=1S/C24H26F3N7/c25-24(26,27)20(9-11-28-18-4-2-1-3-5-18)16-6-7-21(30-12-16)34-14-17(13-33-34)19-8-10-29-23-22(19)31-15-32-23/h6-8,10,12-15,18,20,28H,1-5,9,11H2,(H,29,31,32). The largest absolute Gasteiger partial charge is 0.395 e. The van der Waals surface area contributed by atoms with Crippen molar-refractivity contribution in [3.8, 4) is 16.9 Å². The third kappa shape index (κ3) is 4.82. The van der Waals surface area contributed by atoms with Crippen molar-refractivity contribution in [2.75, 3.05) is 6.54 Å². The fourth-order valence-corrected chi connectivity index (χ4v) is 4.67. The van der Waals surface area contributed by atoms with Crippen LogP contribution in [-0.2, 0) is 0 Å². The van der Waals surface area contributed by atoms with Crippen LogP contribution in [0.1, 0.15) is 50.0 Å². The first-order valence-corrected chi connectivity index (χ1v) is 11.6. The zero-order valence-corrected chi connectivity index (χ0v) is 18.6. The lowest BCUT2D eigenvalue weighted by Gasteiger charge is -2.25. The van der Waals surface area contributed by atoms with E-state index in [1.807, 2.05) is 6.07 Å². The molecule has 1 saturated carbocycles. The summed E-state index contributed by atoms with van der Waals surface area (Å²) in [7, 11) is 0. The normalized spacial score (nSPS) is 16.2. The quantitative estimate of drug-likeness (QED) is 0.390. The minimum atomic E-state index is -4.33. The lowest BCUT2D eigenvalue weighted by Crippen LogP contribution is -2.34. The van der Waals surface area contributed by atoms with E-state index in [-0.39, 0.29) is 12.0 Å². The van der Waals surface area contributed by atoms with Gasteiger partial charge in [0.15, 0.2) is 11.5 Å². The maximum atomic E-state index is 13.8. The monoisotopic (exact) mass is 469 g/mol. The number of hydrogen-bond acceptors (Lipinski definition) is 5. The summed E-state index contributed by atoms with van der Waals surface area (Å²) in [6, 6.07) is 5.26. The Labute approximate surface area is 194 Å². The molecule has 4 aromatic rings. The average molecular weight is 470 g/mol. The molecule has 1 unspecified atom stereocenters. The molecule has 0 bridgehead atoms. The summed E-state index contributed by atoms with van der Waals surface area (Å²) >= 11 is 0. The minimum Gasteiger partial charge on any atom is -0.329 e. The molecule has 0 radical (unpaired) electrons. The van der Waals surface area contributed by atoms with Gasteiger partial charge in [-0.25, -0.2) is 19.6 Å². The molecule has 0 amide bonds. The predicted octanol–water partition coefficient (Wildman–Crippen LogP) is 5.16. The highest BCUT2D eigenvalue weighted by Gasteiger charge is 2.40. The van der Waals surface area contributed by atoms with E-state index in [9.17, 15) is 13.2 Å². The molecule has 4 heterocycles. The molecule has 178 valence electrons. The number of imidazole rings is 1. The Bertz CT molecular complexity index is 1220. The molecule has 7 nitrogen and oxygen atoms in total. The fraction of sp³-hybridized carbons (Fsp3) is 0.417. The van der Waals surface area contributed by atoms with Gasteiger partial charge in [-0.1, -0.05) is 25.3 Å². The van der Waals surface area contributed by atoms with Crippen molar-refractivity contribution >= 4 is 11.2 Å². The maximum Gasteiger partial charge on any atom is 0.395 e. The third-order valence-corrected chi connectivity index (χ3v) is 6.49. The number of halogens is 3. The second kappa shape index (κ2) is 9.54. The molecular formula is C24H26F3N7. The number of H-pyrrole nitrogens is 1. The third-order valence-electron chi connectivity index (χ3n) is 6.49. The van der Waals surface area contributed by atoms with Gasteiger partial charge < -0.3 is 10.3 Å². The molecule has 1 aliphatic rings. The summed E-state index contributed by atoms with van der Waals surface area (Å²) in [4.78, 5) is 15.8. The number of nitrogens with one attached hydrogen (secondary N) is 2. The van der Waals surface area contributed by atoms with E-state index in [0.717, 1.165) is 42.3 Å². The Morgan fingerprint density at radius 3 is 2.68 bits per heavy atom. The molecule has 5 rings (SSSR count). The lowest BCUT2D eigenvalue weighted by atomic mass is 9.94. The topological polar surface area (TPSA) is 84.3 Å². The zero-order valence-electron chi connectivity index (χ0n) is 18.6. The van der Waals surface area contributed by atoms with Crippen LogP contribution < -0.4 is 5.32 Å². The number of hydrogen-bond donors (Lipinski definition) is 2. The average Bonchev–Trinajstić information content (AvgIpc) is 3.52. The van der Waals surface area contributed by atoms with Crippen LogP contribution in [0, 0.1) is 0 Å². The first-order chi connectivity index (χ1) is 16.5. The molecule has 1 atom stereocenters. The molecule has 4 aromatic heterocycles. The van der Waals surface area contributed by atoms with E-state index in [1.165, 1.54) is 18.7 Å². The Hall–Kier alpha value is -3.27. The van der Waals surface area contributed by atoms with E-state index in [0.29, 0.717) is 24.1 Å². The van der Waals surface area contributed by atoms with Gasteiger partial charge in [0.1, 0.15) is 5.52 Å². The van der Waals surface area contributed by atoms with Crippen LogP contribution in [0.4, 0.5) is 13.2 Å². The predicted molar refractivity (Wildman–Crippen MR) is 123 cm³/mol. The fourth-order valence-electron chi connectivity index (χ4n) is 4.67. The van der Waals surface area contributed by atoms with Gasteiger partial charge in [-0.2, -0.15) is 18.3 Å². The van der Waals surface area contributed by atoms with Crippen LogP contribution in [0.15, 0.2) is 49.3 Å². The van der Waals surface area contributed by atoms with Gasteiger partial charge in [0.05, 0.1) is 18.4 Å². The molecule has 1 aliphatic carbocycles. The Morgan fingerprint density at radius 2 is 1.91 bits per heavy atom. The molecule has 1 fully saturated rings. The van der Waals surface area contributed by atoms with Crippen molar-refractivity contribution in [3.05, 3.63) is 54.9 Å². The van der Waals surface area contributed by atoms with E-state index in [1.54, 1.807) is 35.7 Å². The minimum absolute atomic E-state index is 0.00531. The summed E-state index contributed by atoms with van der Waals surface area (Å²) < 4.78 is 42.9. The van der Waals surface area contributed by atoms with Crippen LogP contribution >= 0.6 is 0 Å². The number of pyridine rings is 2. The van der Waals surface area contributed by atoms with Crippen LogP contribution in [-0.4, -0.2) is 48.5 Å². The Morgan fingerprint density at radius 1 is 1.06 bits per heavy atom. The summed E-state index contributed by atoms with van der Waals surface area (Å²) in [5.41, 5.74) is 3.23. The number of alkyl halides is 3. The Balaban J connectivity index is 1.30. The van der Waals surface area contributed by atoms with E-state index < -0.39 is 12.1 Å². The SMILES string of the molecule is FC(F)(F)C(CCNC1CCCCC1)c1ccc(-n2cc(-c3ccnc4[nH]cnc34)cn2)nc1. The van der Waals surface area contributed by atoms with E-state index in [2.05, 4.69) is 30.4 Å². The molecule has 0 aromatic carbocycles. The number of aromatic nitrogens is 6. The van der Waals surface area contributed by atoms with Gasteiger partial charge in [-0.3, -0.25) is 0 Å². The molecule has 2 N–H and O–H groups in total. The molecule has 0 aliphatic heterocycles. The molecule has 10 heteroatoms. The molecule has 34 heavy (non-hydrogen) atoms. The van der Waals surface area contributed by atoms with Crippen molar-refractivity contribution in [3.63, 3.8) is 0 Å². The molecular weight excluding hydrogens is 443 g/mol. The highest BCUT2D eigenvalue weighted by Crippen LogP contribution is 2.37. The van der Waals surface area contributed by atoms with Crippen LogP contribution in [0.2, 0.25) is 0 Å². The van der Waals surface area contributed by atoms with Crippen molar-refractivity contribution < 1.29 is 13.2 Å². The second-order valence-corrected chi connectivity index (χ2v) is 8.75. The van der Waals surface area contributed by atoms with Gasteiger partial charge in [-0.05, 0) is 43.5 Å². The van der Waals surface area contributed by atoms with Crippen LogP contribution in [0.5, 0.6) is 0 Å². The van der Waals surface area contributed by atoms with Gasteiger partial charge in [0.2, 0.25) is 0 Å². The summed E-state index contributed by atoms with van der Waals surface area (Å²) in [6.07, 6.45) is 9.30. The maximum absolute atomic E-state index is 13.8. The van der Waals surface area contributed by atoms with Gasteiger partial charge in [-0.15, -0.1) is 0 Å². The van der Waals surface area contributed by atoms with E-state index >= 15 is 0 Å². The highest BCUT2D eigenvalue weighted by atomic mass is 19.4. The number of rotatable bonds is 7. The first-order valence-electron chi connectivity index (χ1n) is 11.6. The smallest absolute Gasteiger partial charge is 0.329 e. The summed E-state index contributed by atoms with van der Waals surface area (Å²) in [5.74, 6) is -1.10.